The Morgan fingerprint density at radius 3 is 2.61 bits per heavy atom. The number of amides is 1. The monoisotopic (exact) mass is 381 g/mol. The smallest absolute Gasteiger partial charge is 0.223 e. The third-order valence-corrected chi connectivity index (χ3v) is 5.72. The summed E-state index contributed by atoms with van der Waals surface area (Å²) in [6, 6.07) is 10.4. The van der Waals surface area contributed by atoms with Gasteiger partial charge in [-0.3, -0.25) is 9.69 Å². The predicted octanol–water partition coefficient (Wildman–Crippen LogP) is 3.71. The second kappa shape index (κ2) is 11.8. The van der Waals surface area contributed by atoms with Crippen molar-refractivity contribution in [3.05, 3.63) is 53.6 Å². The van der Waals surface area contributed by atoms with Crippen LogP contribution in [0.5, 0.6) is 0 Å². The van der Waals surface area contributed by atoms with E-state index in [9.17, 15) is 4.79 Å². The molecule has 2 aliphatic rings. The Hall–Kier alpha value is -1.91. The average molecular weight is 382 g/mol. The highest BCUT2D eigenvalue weighted by Crippen LogP contribution is 2.19. The molecule has 0 atom stereocenters. The fourth-order valence-corrected chi connectivity index (χ4v) is 3.94. The zero-order valence-electron chi connectivity index (χ0n) is 17.1. The van der Waals surface area contributed by atoms with Crippen molar-refractivity contribution in [2.75, 3.05) is 45.8 Å². The summed E-state index contributed by atoms with van der Waals surface area (Å²) in [6.45, 7) is 6.38. The normalized spacial score (nSPS) is 18.4. The van der Waals surface area contributed by atoms with Gasteiger partial charge >= 0.3 is 0 Å². The zero-order chi connectivity index (χ0) is 19.4. The van der Waals surface area contributed by atoms with Crippen LogP contribution in [0.4, 0.5) is 0 Å². The van der Waals surface area contributed by atoms with Gasteiger partial charge in [0.15, 0.2) is 0 Å². The largest absolute Gasteiger partial charge is 0.340 e. The van der Waals surface area contributed by atoms with Gasteiger partial charge in [-0.15, -0.1) is 0 Å². The van der Waals surface area contributed by atoms with Gasteiger partial charge in [-0.1, -0.05) is 54.1 Å². The number of nitrogens with one attached hydrogen (secondary N) is 1. The van der Waals surface area contributed by atoms with Crippen molar-refractivity contribution in [2.45, 2.75) is 38.5 Å². The summed E-state index contributed by atoms with van der Waals surface area (Å²) >= 11 is 0. The van der Waals surface area contributed by atoms with Crippen LogP contribution >= 0.6 is 0 Å². The van der Waals surface area contributed by atoms with Crippen LogP contribution in [0, 0.1) is 0 Å². The van der Waals surface area contributed by atoms with Crippen LogP contribution < -0.4 is 5.32 Å². The third-order valence-electron chi connectivity index (χ3n) is 5.72. The highest BCUT2D eigenvalue weighted by atomic mass is 16.2. The van der Waals surface area contributed by atoms with Crippen LogP contribution in [0.2, 0.25) is 0 Å². The lowest BCUT2D eigenvalue weighted by Gasteiger charge is -2.34. The fraction of sp³-hybridized carbons (Fsp3) is 0.542. The molecule has 28 heavy (non-hydrogen) atoms. The number of allylic oxidation sites excluding steroid dienone is 1. The first-order valence-corrected chi connectivity index (χ1v) is 10.9. The van der Waals surface area contributed by atoms with Crippen molar-refractivity contribution in [1.82, 2.24) is 15.1 Å². The van der Waals surface area contributed by atoms with E-state index in [4.69, 9.17) is 0 Å². The van der Waals surface area contributed by atoms with Crippen LogP contribution in [-0.2, 0) is 4.79 Å². The molecule has 0 spiro atoms. The first-order valence-electron chi connectivity index (χ1n) is 10.9. The van der Waals surface area contributed by atoms with Crippen LogP contribution in [0.15, 0.2) is 48.1 Å². The van der Waals surface area contributed by atoms with E-state index < -0.39 is 0 Å². The van der Waals surface area contributed by atoms with E-state index in [1.54, 1.807) is 5.57 Å². The Morgan fingerprint density at radius 1 is 1.04 bits per heavy atom. The van der Waals surface area contributed by atoms with Crippen LogP contribution in [0.25, 0.3) is 6.08 Å². The van der Waals surface area contributed by atoms with E-state index in [0.717, 1.165) is 52.2 Å². The second-order valence-electron chi connectivity index (χ2n) is 7.85. The molecule has 1 N–H and O–H groups in total. The van der Waals surface area contributed by atoms with E-state index in [-0.39, 0.29) is 0 Å². The van der Waals surface area contributed by atoms with Gasteiger partial charge in [0.05, 0.1) is 0 Å². The first kappa shape index (κ1) is 20.8. The zero-order valence-corrected chi connectivity index (χ0v) is 17.1. The lowest BCUT2D eigenvalue weighted by molar-refractivity contribution is -0.132. The SMILES string of the molecule is O=C(CCNCCC1=CCCCC1)N1CCN(C/C=C/c2ccccc2)CC1. The number of hydrogen-bond donors (Lipinski definition) is 1. The molecule has 152 valence electrons. The molecule has 1 aromatic rings. The maximum atomic E-state index is 12.4. The summed E-state index contributed by atoms with van der Waals surface area (Å²) in [5, 5.41) is 3.45. The van der Waals surface area contributed by atoms with Crippen LogP contribution in [0.1, 0.15) is 44.1 Å². The number of benzene rings is 1. The maximum absolute atomic E-state index is 12.4. The molecule has 1 amide bonds. The van der Waals surface area contributed by atoms with Gasteiger partial charge < -0.3 is 10.2 Å². The summed E-state index contributed by atoms with van der Waals surface area (Å²) in [7, 11) is 0. The molecule has 1 saturated heterocycles. The number of carbonyl (C=O) groups is 1. The summed E-state index contributed by atoms with van der Waals surface area (Å²) in [5.41, 5.74) is 2.84. The van der Waals surface area contributed by atoms with Gasteiger partial charge in [0.2, 0.25) is 5.91 Å². The van der Waals surface area contributed by atoms with E-state index in [2.05, 4.69) is 52.7 Å². The quantitative estimate of drug-likeness (QED) is 0.523. The van der Waals surface area contributed by atoms with E-state index >= 15 is 0 Å². The standard InChI is InChI=1S/C24H35N3O/c28-24(14-16-25-15-13-23-10-5-2-6-11-23)27-20-18-26(19-21-27)17-7-12-22-8-3-1-4-9-22/h1,3-4,7-10,12,25H,2,5-6,11,13-21H2/b12-7+. The first-order chi connectivity index (χ1) is 13.8. The van der Waals surface area contributed by atoms with Crippen molar-refractivity contribution < 1.29 is 4.79 Å². The highest BCUT2D eigenvalue weighted by Gasteiger charge is 2.19. The molecule has 1 aliphatic heterocycles. The lowest BCUT2D eigenvalue weighted by atomic mass is 9.97. The van der Waals surface area contributed by atoms with Crippen molar-refractivity contribution >= 4 is 12.0 Å². The molecule has 1 aliphatic carbocycles. The number of piperazine rings is 1. The third kappa shape index (κ3) is 7.25. The lowest BCUT2D eigenvalue weighted by Crippen LogP contribution is -2.49. The van der Waals surface area contributed by atoms with E-state index in [1.807, 2.05) is 11.0 Å². The molecule has 1 aromatic carbocycles. The van der Waals surface area contributed by atoms with Gasteiger partial charge in [-0.2, -0.15) is 0 Å². The molecule has 0 saturated carbocycles. The van der Waals surface area contributed by atoms with Crippen molar-refractivity contribution in [1.29, 1.82) is 0 Å². The molecule has 0 unspecified atom stereocenters. The molecule has 1 fully saturated rings. The van der Waals surface area contributed by atoms with Crippen LogP contribution in [-0.4, -0.2) is 61.5 Å². The van der Waals surface area contributed by atoms with Gasteiger partial charge in [0, 0.05) is 45.7 Å². The fourth-order valence-electron chi connectivity index (χ4n) is 3.94. The second-order valence-corrected chi connectivity index (χ2v) is 7.85. The van der Waals surface area contributed by atoms with Gasteiger partial charge in [-0.05, 0) is 44.2 Å². The molecule has 0 radical (unpaired) electrons. The minimum atomic E-state index is 0.295. The molecule has 4 nitrogen and oxygen atoms in total. The topological polar surface area (TPSA) is 35.6 Å². The molecular weight excluding hydrogens is 346 g/mol. The molecule has 4 heteroatoms. The van der Waals surface area contributed by atoms with Gasteiger partial charge in [0.25, 0.3) is 0 Å². The number of carbonyl (C=O) groups excluding carboxylic acids is 1. The molecular formula is C24H35N3O. The minimum Gasteiger partial charge on any atom is -0.340 e. The summed E-state index contributed by atoms with van der Waals surface area (Å²) in [4.78, 5) is 16.9. The maximum Gasteiger partial charge on any atom is 0.223 e. The number of nitrogens with zero attached hydrogens (tertiary/aromatic N) is 2. The van der Waals surface area contributed by atoms with Crippen molar-refractivity contribution in [3.8, 4) is 0 Å². The van der Waals surface area contributed by atoms with E-state index in [1.165, 1.54) is 31.2 Å². The Morgan fingerprint density at radius 2 is 1.86 bits per heavy atom. The predicted molar refractivity (Wildman–Crippen MR) is 117 cm³/mol. The summed E-state index contributed by atoms with van der Waals surface area (Å²) in [5.74, 6) is 0.295. The van der Waals surface area contributed by atoms with Gasteiger partial charge in [-0.25, -0.2) is 0 Å². The Kier molecular flexibility index (Phi) is 8.79. The molecule has 3 rings (SSSR count). The van der Waals surface area contributed by atoms with Crippen LogP contribution in [0.3, 0.4) is 0 Å². The minimum absolute atomic E-state index is 0.295. The molecule has 1 heterocycles. The van der Waals surface area contributed by atoms with E-state index in [0.29, 0.717) is 12.3 Å². The van der Waals surface area contributed by atoms with Crippen molar-refractivity contribution in [3.63, 3.8) is 0 Å². The highest BCUT2D eigenvalue weighted by molar-refractivity contribution is 5.76. The van der Waals surface area contributed by atoms with Crippen molar-refractivity contribution in [2.24, 2.45) is 0 Å². The Labute approximate surface area is 170 Å². The number of rotatable bonds is 9. The molecule has 0 bridgehead atoms. The Bertz CT molecular complexity index is 645. The Balaban J connectivity index is 1.25. The summed E-state index contributed by atoms with van der Waals surface area (Å²) in [6.07, 6.45) is 13.8. The average Bonchev–Trinajstić information content (AvgIpc) is 2.75. The molecule has 0 aromatic heterocycles. The summed E-state index contributed by atoms with van der Waals surface area (Å²) < 4.78 is 0. The number of hydrogen-bond acceptors (Lipinski definition) is 3. The van der Waals surface area contributed by atoms with Gasteiger partial charge in [0.1, 0.15) is 0 Å².